The van der Waals surface area contributed by atoms with Crippen molar-refractivity contribution in [2.24, 2.45) is 0 Å². The summed E-state index contributed by atoms with van der Waals surface area (Å²) >= 11 is 0. The van der Waals surface area contributed by atoms with E-state index in [1.54, 1.807) is 25.1 Å². The van der Waals surface area contributed by atoms with Gasteiger partial charge in [-0.25, -0.2) is 9.07 Å². The zero-order valence-electron chi connectivity index (χ0n) is 15.8. The maximum absolute atomic E-state index is 14.1. The standard InChI is InChI=1S/C22H21FN4O/c1-3-11-26-12-10-16-13-17(8-9-20(16)26)25-22(28)18-14-24-27(15(18)2)21-7-5-4-6-19(21)23/h4-10,12-14H,3,11H2,1-2H3,(H,25,28). The summed E-state index contributed by atoms with van der Waals surface area (Å²) in [6, 6.07) is 14.3. The zero-order valence-corrected chi connectivity index (χ0v) is 15.8. The largest absolute Gasteiger partial charge is 0.347 e. The maximum atomic E-state index is 14.1. The first kappa shape index (κ1) is 18.0. The number of fused-ring (bicyclic) bond motifs is 1. The van der Waals surface area contributed by atoms with Crippen LogP contribution in [0.1, 0.15) is 29.4 Å². The number of benzene rings is 2. The van der Waals surface area contributed by atoms with E-state index in [9.17, 15) is 9.18 Å². The molecule has 0 saturated carbocycles. The normalized spacial score (nSPS) is 11.1. The zero-order chi connectivity index (χ0) is 19.7. The lowest BCUT2D eigenvalue weighted by molar-refractivity contribution is 0.102. The van der Waals surface area contributed by atoms with Crippen LogP contribution in [0, 0.1) is 12.7 Å². The molecular formula is C22H21FN4O. The summed E-state index contributed by atoms with van der Waals surface area (Å²) in [7, 11) is 0. The molecule has 2 aromatic carbocycles. The highest BCUT2D eigenvalue weighted by atomic mass is 19.1. The van der Waals surface area contributed by atoms with Gasteiger partial charge in [-0.2, -0.15) is 5.10 Å². The van der Waals surface area contributed by atoms with Crippen LogP contribution in [-0.2, 0) is 6.54 Å². The first-order valence-corrected chi connectivity index (χ1v) is 9.28. The van der Waals surface area contributed by atoms with Gasteiger partial charge < -0.3 is 9.88 Å². The number of carbonyl (C=O) groups is 1. The Morgan fingerprint density at radius 2 is 2.00 bits per heavy atom. The molecule has 28 heavy (non-hydrogen) atoms. The summed E-state index contributed by atoms with van der Waals surface area (Å²) in [5.41, 5.74) is 3.16. The first-order chi connectivity index (χ1) is 13.6. The average molecular weight is 376 g/mol. The van der Waals surface area contributed by atoms with E-state index in [0.29, 0.717) is 22.6 Å². The number of halogens is 1. The fourth-order valence-electron chi connectivity index (χ4n) is 3.41. The minimum Gasteiger partial charge on any atom is -0.347 e. The van der Waals surface area contributed by atoms with Gasteiger partial charge in [-0.3, -0.25) is 4.79 Å². The molecule has 2 aromatic heterocycles. The van der Waals surface area contributed by atoms with Gasteiger partial charge in [-0.05, 0) is 49.7 Å². The number of hydrogen-bond acceptors (Lipinski definition) is 2. The maximum Gasteiger partial charge on any atom is 0.259 e. The van der Waals surface area contributed by atoms with Gasteiger partial charge in [-0.15, -0.1) is 0 Å². The topological polar surface area (TPSA) is 51.9 Å². The summed E-state index contributed by atoms with van der Waals surface area (Å²) in [6.07, 6.45) is 4.59. The van der Waals surface area contributed by atoms with Crippen LogP contribution in [0.2, 0.25) is 0 Å². The molecule has 1 N–H and O–H groups in total. The molecule has 0 radical (unpaired) electrons. The summed E-state index contributed by atoms with van der Waals surface area (Å²) < 4.78 is 17.7. The van der Waals surface area contributed by atoms with E-state index >= 15 is 0 Å². The van der Waals surface area contributed by atoms with Crippen LogP contribution in [0.4, 0.5) is 10.1 Å². The minimum absolute atomic E-state index is 0.271. The van der Waals surface area contributed by atoms with Gasteiger partial charge in [0.2, 0.25) is 0 Å². The average Bonchev–Trinajstić information content (AvgIpc) is 3.26. The van der Waals surface area contributed by atoms with Gasteiger partial charge in [0.15, 0.2) is 0 Å². The van der Waals surface area contributed by atoms with Gasteiger partial charge in [0.25, 0.3) is 5.91 Å². The molecule has 0 bridgehead atoms. The fourth-order valence-corrected chi connectivity index (χ4v) is 3.41. The van der Waals surface area contributed by atoms with Gasteiger partial charge >= 0.3 is 0 Å². The summed E-state index contributed by atoms with van der Waals surface area (Å²) in [5.74, 6) is -0.657. The number of anilines is 1. The molecule has 0 aliphatic carbocycles. The summed E-state index contributed by atoms with van der Waals surface area (Å²) in [6.45, 7) is 4.86. The molecule has 4 aromatic rings. The van der Waals surface area contributed by atoms with Crippen LogP contribution in [0.25, 0.3) is 16.6 Å². The number of para-hydroxylation sites is 1. The Morgan fingerprint density at radius 3 is 2.79 bits per heavy atom. The Labute approximate surface area is 162 Å². The second-order valence-corrected chi connectivity index (χ2v) is 6.74. The number of nitrogens with one attached hydrogen (secondary N) is 1. The molecule has 0 aliphatic rings. The number of carbonyl (C=O) groups excluding carboxylic acids is 1. The number of hydrogen-bond donors (Lipinski definition) is 1. The molecule has 0 atom stereocenters. The molecule has 0 spiro atoms. The third-order valence-electron chi connectivity index (χ3n) is 4.83. The van der Waals surface area contributed by atoms with Crippen molar-refractivity contribution in [3.8, 4) is 5.69 Å². The number of rotatable bonds is 5. The van der Waals surface area contributed by atoms with Crippen molar-refractivity contribution < 1.29 is 9.18 Å². The van der Waals surface area contributed by atoms with Crippen LogP contribution < -0.4 is 5.32 Å². The molecule has 1 amide bonds. The molecule has 0 unspecified atom stereocenters. The van der Waals surface area contributed by atoms with Crippen molar-refractivity contribution in [1.29, 1.82) is 0 Å². The van der Waals surface area contributed by atoms with Gasteiger partial charge in [-0.1, -0.05) is 19.1 Å². The predicted octanol–water partition coefficient (Wildman–Crippen LogP) is 4.94. The Balaban J connectivity index is 1.59. The molecular weight excluding hydrogens is 355 g/mol. The van der Waals surface area contributed by atoms with E-state index in [0.717, 1.165) is 23.9 Å². The lowest BCUT2D eigenvalue weighted by Gasteiger charge is -2.08. The van der Waals surface area contributed by atoms with E-state index in [1.807, 2.05) is 24.3 Å². The minimum atomic E-state index is -0.386. The van der Waals surface area contributed by atoms with Gasteiger partial charge in [0, 0.05) is 29.3 Å². The monoisotopic (exact) mass is 376 g/mol. The second-order valence-electron chi connectivity index (χ2n) is 6.74. The molecule has 142 valence electrons. The van der Waals surface area contributed by atoms with E-state index in [1.165, 1.54) is 16.9 Å². The molecule has 6 heteroatoms. The van der Waals surface area contributed by atoms with Crippen molar-refractivity contribution in [1.82, 2.24) is 14.3 Å². The molecule has 0 fully saturated rings. The van der Waals surface area contributed by atoms with Crippen LogP contribution >= 0.6 is 0 Å². The van der Waals surface area contributed by atoms with E-state index in [2.05, 4.69) is 28.1 Å². The highest BCUT2D eigenvalue weighted by molar-refractivity contribution is 6.05. The van der Waals surface area contributed by atoms with Crippen molar-refractivity contribution >= 4 is 22.5 Å². The third kappa shape index (κ3) is 3.17. The van der Waals surface area contributed by atoms with E-state index in [-0.39, 0.29) is 11.7 Å². The van der Waals surface area contributed by atoms with Crippen molar-refractivity contribution in [2.45, 2.75) is 26.8 Å². The summed E-state index contributed by atoms with van der Waals surface area (Å²) in [4.78, 5) is 12.7. The Bertz CT molecular complexity index is 1160. The van der Waals surface area contributed by atoms with Gasteiger partial charge in [0.05, 0.1) is 17.5 Å². The number of amides is 1. The fraction of sp³-hybridized carbons (Fsp3) is 0.182. The molecule has 2 heterocycles. The van der Waals surface area contributed by atoms with Crippen molar-refractivity contribution in [3.05, 3.63) is 78.0 Å². The van der Waals surface area contributed by atoms with Crippen LogP contribution in [0.15, 0.2) is 60.9 Å². The molecule has 5 nitrogen and oxygen atoms in total. The smallest absolute Gasteiger partial charge is 0.259 e. The van der Waals surface area contributed by atoms with Crippen LogP contribution in [0.5, 0.6) is 0 Å². The number of aryl methyl sites for hydroxylation is 1. The molecule has 4 rings (SSSR count). The quantitative estimate of drug-likeness (QED) is 0.536. The van der Waals surface area contributed by atoms with Gasteiger partial charge in [0.1, 0.15) is 11.5 Å². The first-order valence-electron chi connectivity index (χ1n) is 9.28. The van der Waals surface area contributed by atoms with Crippen LogP contribution in [0.3, 0.4) is 0 Å². The predicted molar refractivity (Wildman–Crippen MR) is 108 cm³/mol. The van der Waals surface area contributed by atoms with Crippen LogP contribution in [-0.4, -0.2) is 20.3 Å². The number of aromatic nitrogens is 3. The molecule has 0 saturated heterocycles. The SMILES string of the molecule is CCCn1ccc2cc(NC(=O)c3cnn(-c4ccccc4F)c3C)ccc21. The molecule has 0 aliphatic heterocycles. The van der Waals surface area contributed by atoms with Crippen molar-refractivity contribution in [3.63, 3.8) is 0 Å². The Kier molecular flexibility index (Phi) is 4.69. The van der Waals surface area contributed by atoms with Crippen molar-refractivity contribution in [2.75, 3.05) is 5.32 Å². The second kappa shape index (κ2) is 7.31. The third-order valence-corrected chi connectivity index (χ3v) is 4.83. The lowest BCUT2D eigenvalue weighted by atomic mass is 10.2. The highest BCUT2D eigenvalue weighted by Crippen LogP contribution is 2.22. The Hall–Kier alpha value is -3.41. The highest BCUT2D eigenvalue weighted by Gasteiger charge is 2.17. The number of nitrogens with zero attached hydrogens (tertiary/aromatic N) is 3. The van der Waals surface area contributed by atoms with E-state index < -0.39 is 0 Å². The summed E-state index contributed by atoms with van der Waals surface area (Å²) in [5, 5.41) is 8.19. The lowest BCUT2D eigenvalue weighted by Crippen LogP contribution is -2.13. The van der Waals surface area contributed by atoms with E-state index in [4.69, 9.17) is 0 Å². The Morgan fingerprint density at radius 1 is 1.18 bits per heavy atom.